The Bertz CT molecular complexity index is 426. The highest BCUT2D eigenvalue weighted by Gasteiger charge is 2.42. The molecule has 5 N–H and O–H groups in total. The Morgan fingerprint density at radius 1 is 1.33 bits per heavy atom. The predicted octanol–water partition coefficient (Wildman–Crippen LogP) is 1.77. The van der Waals surface area contributed by atoms with Crippen LogP contribution in [0.3, 0.4) is 0 Å². The van der Waals surface area contributed by atoms with Gasteiger partial charge in [0.15, 0.2) is 0 Å². The first-order valence-corrected chi connectivity index (χ1v) is 9.78. The number of thioether (sulfide) groups is 1. The summed E-state index contributed by atoms with van der Waals surface area (Å²) in [5.74, 6) is 1.09. The van der Waals surface area contributed by atoms with Gasteiger partial charge in [-0.25, -0.2) is 4.79 Å². The maximum Gasteiger partial charge on any atom is 0.315 e. The lowest BCUT2D eigenvalue weighted by atomic mass is 9.92. The molecule has 8 heteroatoms. The third-order valence-electron chi connectivity index (χ3n) is 5.23. The molecule has 2 rings (SSSR count). The van der Waals surface area contributed by atoms with Crippen LogP contribution in [-0.2, 0) is 4.79 Å². The van der Waals surface area contributed by atoms with Gasteiger partial charge in [0.25, 0.3) is 0 Å². The number of halogens is 1. The minimum Gasteiger partial charge on any atom is -0.349 e. The molecule has 2 heterocycles. The monoisotopic (exact) mass is 378 g/mol. The maximum atomic E-state index is 12.1. The average molecular weight is 379 g/mol. The normalized spacial score (nSPS) is 25.5. The van der Waals surface area contributed by atoms with Crippen LogP contribution in [0.5, 0.6) is 0 Å². The van der Waals surface area contributed by atoms with Crippen LogP contribution in [0.2, 0.25) is 0 Å². The quantitative estimate of drug-likeness (QED) is 0.363. The van der Waals surface area contributed by atoms with Gasteiger partial charge in [0.1, 0.15) is 0 Å². The van der Waals surface area contributed by atoms with Crippen LogP contribution >= 0.6 is 24.2 Å². The summed E-state index contributed by atoms with van der Waals surface area (Å²) in [7, 11) is 0. The Balaban J connectivity index is 0.00000288. The zero-order valence-electron chi connectivity index (χ0n) is 14.6. The molecule has 0 unspecified atom stereocenters. The molecule has 0 aliphatic carbocycles. The molecule has 6 nitrogen and oxygen atoms in total. The molecule has 2 saturated heterocycles. The number of carbonyl (C=O) groups is 2. The van der Waals surface area contributed by atoms with Crippen molar-refractivity contribution in [1.29, 1.82) is 0 Å². The van der Waals surface area contributed by atoms with Gasteiger partial charge in [0.2, 0.25) is 5.91 Å². The summed E-state index contributed by atoms with van der Waals surface area (Å²) in [6, 6.07) is 0.494. The van der Waals surface area contributed by atoms with E-state index in [2.05, 4.69) is 29.8 Å². The fraction of sp³-hybridized carbons (Fsp3) is 0.875. The van der Waals surface area contributed by atoms with Crippen LogP contribution < -0.4 is 21.7 Å². The molecule has 2 aliphatic rings. The fourth-order valence-electron chi connectivity index (χ4n) is 3.40. The Morgan fingerprint density at radius 2 is 2.04 bits per heavy atom. The molecule has 2 fully saturated rings. The highest BCUT2D eigenvalue weighted by Crippen LogP contribution is 2.33. The van der Waals surface area contributed by atoms with Crippen molar-refractivity contribution >= 4 is 36.1 Å². The second kappa shape index (κ2) is 9.73. The Kier molecular flexibility index (Phi) is 8.67. The number of carbonyl (C=O) groups excluding carboxylic acids is 2. The zero-order chi connectivity index (χ0) is 16.9. The Hall–Kier alpha value is -0.660. The second-order valence-corrected chi connectivity index (χ2v) is 7.88. The summed E-state index contributed by atoms with van der Waals surface area (Å²) in [5, 5.41) is 9.54. The lowest BCUT2D eigenvalue weighted by molar-refractivity contribution is -0.123. The third-order valence-corrected chi connectivity index (χ3v) is 6.74. The molecule has 0 bridgehead atoms. The molecule has 2 aliphatic heterocycles. The van der Waals surface area contributed by atoms with Gasteiger partial charge in [0, 0.05) is 24.0 Å². The van der Waals surface area contributed by atoms with Crippen LogP contribution in [0.1, 0.15) is 52.4 Å². The van der Waals surface area contributed by atoms with Crippen LogP contribution in [0, 0.1) is 0 Å². The molecule has 0 radical (unpaired) electrons. The van der Waals surface area contributed by atoms with Gasteiger partial charge >= 0.3 is 6.03 Å². The molecular formula is C16H31ClN4O2S. The minimum absolute atomic E-state index is 0. The fourth-order valence-corrected chi connectivity index (χ4v) is 4.94. The summed E-state index contributed by atoms with van der Waals surface area (Å²) in [6.07, 6.45) is 5.22. The first-order chi connectivity index (χ1) is 11.0. The largest absolute Gasteiger partial charge is 0.349 e. The van der Waals surface area contributed by atoms with Crippen molar-refractivity contribution in [3.05, 3.63) is 0 Å². The first kappa shape index (κ1) is 21.4. The van der Waals surface area contributed by atoms with E-state index in [0.717, 1.165) is 37.9 Å². The molecule has 0 spiro atoms. The number of amides is 3. The summed E-state index contributed by atoms with van der Waals surface area (Å²) in [4.78, 5) is 23.5. The molecule has 24 heavy (non-hydrogen) atoms. The van der Waals surface area contributed by atoms with E-state index in [1.54, 1.807) is 0 Å². The summed E-state index contributed by atoms with van der Waals surface area (Å²) >= 11 is 1.92. The van der Waals surface area contributed by atoms with E-state index < -0.39 is 0 Å². The van der Waals surface area contributed by atoms with Crippen LogP contribution in [0.25, 0.3) is 0 Å². The number of hydrogen-bond donors (Lipinski definition) is 4. The van der Waals surface area contributed by atoms with Gasteiger partial charge in [-0.2, -0.15) is 11.8 Å². The number of urea groups is 1. The number of unbranched alkanes of at least 4 members (excludes halogenated alkanes) is 1. The molecule has 140 valence electrons. The third kappa shape index (κ3) is 5.17. The zero-order valence-corrected chi connectivity index (χ0v) is 16.2. The summed E-state index contributed by atoms with van der Waals surface area (Å²) in [6.45, 7) is 4.61. The van der Waals surface area contributed by atoms with Crippen LogP contribution in [0.15, 0.2) is 0 Å². The van der Waals surface area contributed by atoms with Crippen molar-refractivity contribution in [3.63, 3.8) is 0 Å². The van der Waals surface area contributed by atoms with Gasteiger partial charge in [0.05, 0.1) is 17.6 Å². The van der Waals surface area contributed by atoms with Crippen LogP contribution in [-0.4, -0.2) is 47.1 Å². The van der Waals surface area contributed by atoms with Gasteiger partial charge in [-0.3, -0.25) is 4.79 Å². The Morgan fingerprint density at radius 3 is 2.67 bits per heavy atom. The van der Waals surface area contributed by atoms with E-state index in [0.29, 0.717) is 18.2 Å². The van der Waals surface area contributed by atoms with Crippen molar-refractivity contribution in [2.45, 2.75) is 75.2 Å². The molecular weight excluding hydrogens is 348 g/mol. The SMILES string of the molecule is CCC(CC)(CN)NC(=O)CCCC[C@@H]1SC[C@@H]2NC(=O)N[C@@H]21.Cl. The second-order valence-electron chi connectivity index (χ2n) is 6.61. The minimum atomic E-state index is -0.245. The average Bonchev–Trinajstić information content (AvgIpc) is 3.09. The molecule has 3 amide bonds. The maximum absolute atomic E-state index is 12.1. The number of rotatable bonds is 9. The summed E-state index contributed by atoms with van der Waals surface area (Å²) < 4.78 is 0. The molecule has 0 saturated carbocycles. The summed E-state index contributed by atoms with van der Waals surface area (Å²) in [5.41, 5.74) is 5.57. The van der Waals surface area contributed by atoms with Crippen LogP contribution in [0.4, 0.5) is 4.79 Å². The van der Waals surface area contributed by atoms with E-state index in [9.17, 15) is 9.59 Å². The lowest BCUT2D eigenvalue weighted by Crippen LogP contribution is -2.52. The van der Waals surface area contributed by atoms with Crippen molar-refractivity contribution < 1.29 is 9.59 Å². The first-order valence-electron chi connectivity index (χ1n) is 8.73. The number of hydrogen-bond acceptors (Lipinski definition) is 4. The van der Waals surface area contributed by atoms with Crippen molar-refractivity contribution in [2.75, 3.05) is 12.3 Å². The molecule has 0 aromatic rings. The smallest absolute Gasteiger partial charge is 0.315 e. The molecule has 0 aromatic carbocycles. The van der Waals surface area contributed by atoms with E-state index in [-0.39, 0.29) is 42.0 Å². The Labute approximate surface area is 155 Å². The van der Waals surface area contributed by atoms with E-state index >= 15 is 0 Å². The number of nitrogens with one attached hydrogen (secondary N) is 3. The standard InChI is InChI=1S/C16H30N4O2S.ClH/c1-3-16(4-2,10-17)20-13(21)8-6-5-7-12-14-11(9-23-12)18-15(22)19-14;/h11-12,14H,3-10,17H2,1-2H3,(H,20,21)(H2,18,19,22);1H/t11-,12-,14-;/m0./s1. The number of fused-ring (bicyclic) bond motifs is 1. The van der Waals surface area contributed by atoms with Gasteiger partial charge in [-0.05, 0) is 25.7 Å². The molecule has 3 atom stereocenters. The molecule has 0 aromatic heterocycles. The highest BCUT2D eigenvalue weighted by molar-refractivity contribution is 8.00. The predicted molar refractivity (Wildman–Crippen MR) is 102 cm³/mol. The van der Waals surface area contributed by atoms with Gasteiger partial charge in [-0.15, -0.1) is 12.4 Å². The van der Waals surface area contributed by atoms with Gasteiger partial charge < -0.3 is 21.7 Å². The van der Waals surface area contributed by atoms with Gasteiger partial charge in [-0.1, -0.05) is 20.3 Å². The van der Waals surface area contributed by atoms with Crippen molar-refractivity contribution in [1.82, 2.24) is 16.0 Å². The van der Waals surface area contributed by atoms with Crippen molar-refractivity contribution in [2.24, 2.45) is 5.73 Å². The number of nitrogens with two attached hydrogens (primary N) is 1. The van der Waals surface area contributed by atoms with E-state index in [1.807, 2.05) is 11.8 Å². The topological polar surface area (TPSA) is 96.2 Å². The highest BCUT2D eigenvalue weighted by atomic mass is 35.5. The van der Waals surface area contributed by atoms with Crippen molar-refractivity contribution in [3.8, 4) is 0 Å². The van der Waals surface area contributed by atoms with E-state index in [1.165, 1.54) is 0 Å². The van der Waals surface area contributed by atoms with E-state index in [4.69, 9.17) is 5.73 Å². The lowest BCUT2D eigenvalue weighted by Gasteiger charge is -2.31.